The van der Waals surface area contributed by atoms with Crippen LogP contribution in [0.2, 0.25) is 0 Å². The second-order valence-electron chi connectivity index (χ2n) is 5.63. The lowest BCUT2D eigenvalue weighted by Gasteiger charge is -2.11. The van der Waals surface area contributed by atoms with Crippen molar-refractivity contribution in [3.05, 3.63) is 41.1 Å². The summed E-state index contributed by atoms with van der Waals surface area (Å²) in [4.78, 5) is 8.64. The van der Waals surface area contributed by atoms with Gasteiger partial charge in [0, 0.05) is 5.75 Å². The highest BCUT2D eigenvalue weighted by Gasteiger charge is 2.14. The van der Waals surface area contributed by atoms with Crippen LogP contribution in [0.25, 0.3) is 0 Å². The first kappa shape index (κ1) is 17.1. The normalized spacial score (nSPS) is 10.6. The smallest absolute Gasteiger partial charge is 0.189 e. The van der Waals surface area contributed by atoms with Gasteiger partial charge in [0.05, 0.1) is 0 Å². The molecule has 1 aromatic heterocycles. The maximum Gasteiger partial charge on any atom is 0.189 e. The summed E-state index contributed by atoms with van der Waals surface area (Å²) >= 11 is 1.53. The minimum absolute atomic E-state index is 0.189. The lowest BCUT2D eigenvalue weighted by Crippen LogP contribution is -2.08. The van der Waals surface area contributed by atoms with E-state index in [1.165, 1.54) is 11.8 Å². The van der Waals surface area contributed by atoms with Crippen LogP contribution in [-0.2, 0) is 6.61 Å². The van der Waals surface area contributed by atoms with Gasteiger partial charge in [0.25, 0.3) is 0 Å². The predicted octanol–water partition coefficient (Wildman–Crippen LogP) is 3.57. The highest BCUT2D eigenvalue weighted by molar-refractivity contribution is 7.99. The highest BCUT2D eigenvalue weighted by Crippen LogP contribution is 2.22. The molecule has 120 valence electrons. The minimum Gasteiger partial charge on any atom is -0.487 e. The molecule has 2 N–H and O–H groups in total. The van der Waals surface area contributed by atoms with Crippen LogP contribution in [0.1, 0.15) is 30.7 Å². The molecule has 0 amide bonds. The van der Waals surface area contributed by atoms with E-state index in [9.17, 15) is 5.26 Å². The van der Waals surface area contributed by atoms with Gasteiger partial charge < -0.3 is 10.5 Å². The summed E-state index contributed by atoms with van der Waals surface area (Å²) in [6.07, 6.45) is 0. The molecule has 6 heteroatoms. The van der Waals surface area contributed by atoms with Crippen LogP contribution >= 0.6 is 11.8 Å². The van der Waals surface area contributed by atoms with E-state index in [0.717, 1.165) is 17.1 Å². The largest absolute Gasteiger partial charge is 0.487 e. The number of rotatable bonds is 6. The van der Waals surface area contributed by atoms with E-state index < -0.39 is 0 Å². The SMILES string of the molecule is Cc1cccc(OCc2nc(SCC(C)C)nc(N)c2C#N)c1. The van der Waals surface area contributed by atoms with Crippen molar-refractivity contribution in [1.82, 2.24) is 9.97 Å². The third-order valence-corrected chi connectivity index (χ3v) is 4.29. The summed E-state index contributed by atoms with van der Waals surface area (Å²) < 4.78 is 5.74. The maximum atomic E-state index is 9.28. The zero-order valence-corrected chi connectivity index (χ0v) is 14.4. The number of thioether (sulfide) groups is 1. The molecule has 2 aromatic rings. The predicted molar refractivity (Wildman–Crippen MR) is 92.2 cm³/mol. The number of benzene rings is 1. The molecule has 0 saturated carbocycles. The first-order chi connectivity index (χ1) is 11.0. The van der Waals surface area contributed by atoms with Gasteiger partial charge in [-0.15, -0.1) is 0 Å². The van der Waals surface area contributed by atoms with E-state index in [-0.39, 0.29) is 18.0 Å². The second-order valence-corrected chi connectivity index (χ2v) is 6.62. The summed E-state index contributed by atoms with van der Waals surface area (Å²) in [6, 6.07) is 9.79. The molecular formula is C17H20N4OS. The molecule has 0 aliphatic carbocycles. The monoisotopic (exact) mass is 328 g/mol. The number of hydrogen-bond donors (Lipinski definition) is 1. The maximum absolute atomic E-state index is 9.28. The average Bonchev–Trinajstić information content (AvgIpc) is 2.50. The Morgan fingerprint density at radius 1 is 1.35 bits per heavy atom. The molecule has 5 nitrogen and oxygen atoms in total. The van der Waals surface area contributed by atoms with Crippen molar-refractivity contribution in [2.45, 2.75) is 32.5 Å². The molecular weight excluding hydrogens is 308 g/mol. The van der Waals surface area contributed by atoms with Crippen molar-refractivity contribution in [2.24, 2.45) is 5.92 Å². The highest BCUT2D eigenvalue weighted by atomic mass is 32.2. The third-order valence-electron chi connectivity index (χ3n) is 3.01. The molecule has 0 spiro atoms. The minimum atomic E-state index is 0.189. The Labute approximate surface area is 140 Å². The molecule has 1 heterocycles. The zero-order valence-electron chi connectivity index (χ0n) is 13.5. The van der Waals surface area contributed by atoms with Crippen LogP contribution in [0.3, 0.4) is 0 Å². The number of aromatic nitrogens is 2. The van der Waals surface area contributed by atoms with Crippen LogP contribution in [0.5, 0.6) is 5.75 Å². The fraction of sp³-hybridized carbons (Fsp3) is 0.353. The van der Waals surface area contributed by atoms with Crippen molar-refractivity contribution in [3.63, 3.8) is 0 Å². The molecule has 0 aliphatic heterocycles. The molecule has 1 aromatic carbocycles. The van der Waals surface area contributed by atoms with E-state index >= 15 is 0 Å². The van der Waals surface area contributed by atoms with Crippen molar-refractivity contribution in [1.29, 1.82) is 5.26 Å². The molecule has 0 aliphatic rings. The Kier molecular flexibility index (Phi) is 5.83. The standard InChI is InChI=1S/C17H20N4OS/c1-11(2)10-23-17-20-15(14(8-18)16(19)21-17)9-22-13-6-4-5-12(3)7-13/h4-7,11H,9-10H2,1-3H3,(H2,19,20,21). The van der Waals surface area contributed by atoms with Gasteiger partial charge in [-0.25, -0.2) is 9.97 Å². The number of hydrogen-bond acceptors (Lipinski definition) is 6. The van der Waals surface area contributed by atoms with Crippen molar-refractivity contribution < 1.29 is 4.74 Å². The van der Waals surface area contributed by atoms with Gasteiger partial charge in [0.1, 0.15) is 35.5 Å². The molecule has 0 saturated heterocycles. The van der Waals surface area contributed by atoms with Gasteiger partial charge in [0.15, 0.2) is 5.16 Å². The Balaban J connectivity index is 2.20. The van der Waals surface area contributed by atoms with Gasteiger partial charge >= 0.3 is 0 Å². The van der Waals surface area contributed by atoms with Gasteiger partial charge in [-0.3, -0.25) is 0 Å². The fourth-order valence-corrected chi connectivity index (χ4v) is 2.71. The molecule has 2 rings (SSSR count). The van der Waals surface area contributed by atoms with E-state index in [1.807, 2.05) is 31.2 Å². The summed E-state index contributed by atoms with van der Waals surface area (Å²) in [6.45, 7) is 6.44. The van der Waals surface area contributed by atoms with Crippen molar-refractivity contribution in [3.8, 4) is 11.8 Å². The fourth-order valence-electron chi connectivity index (χ4n) is 1.89. The van der Waals surface area contributed by atoms with Gasteiger partial charge in [-0.2, -0.15) is 5.26 Å². The van der Waals surface area contributed by atoms with Gasteiger partial charge in [-0.05, 0) is 30.5 Å². The molecule has 0 bridgehead atoms. The average molecular weight is 328 g/mol. The second kappa shape index (κ2) is 7.84. The number of aryl methyl sites for hydroxylation is 1. The third kappa shape index (κ3) is 4.86. The van der Waals surface area contributed by atoms with Crippen LogP contribution in [0.4, 0.5) is 5.82 Å². The molecule has 0 radical (unpaired) electrons. The summed E-state index contributed by atoms with van der Waals surface area (Å²) in [7, 11) is 0. The number of nitriles is 1. The summed E-state index contributed by atoms with van der Waals surface area (Å²) in [5, 5.41) is 9.86. The summed E-state index contributed by atoms with van der Waals surface area (Å²) in [5.41, 5.74) is 7.80. The van der Waals surface area contributed by atoms with Gasteiger partial charge in [0.2, 0.25) is 0 Å². The number of nitrogens with two attached hydrogens (primary N) is 1. The lowest BCUT2D eigenvalue weighted by molar-refractivity contribution is 0.299. The number of ether oxygens (including phenoxy) is 1. The van der Waals surface area contributed by atoms with E-state index in [0.29, 0.717) is 16.8 Å². The van der Waals surface area contributed by atoms with Crippen LogP contribution in [-0.4, -0.2) is 15.7 Å². The van der Waals surface area contributed by atoms with Gasteiger partial charge in [-0.1, -0.05) is 37.7 Å². The molecule has 23 heavy (non-hydrogen) atoms. The Morgan fingerprint density at radius 3 is 2.78 bits per heavy atom. The molecule has 0 fully saturated rings. The van der Waals surface area contributed by atoms with Crippen LogP contribution in [0, 0.1) is 24.2 Å². The molecule has 0 unspecified atom stereocenters. The molecule has 0 atom stereocenters. The van der Waals surface area contributed by atoms with E-state index in [1.54, 1.807) is 0 Å². The van der Waals surface area contributed by atoms with Crippen LogP contribution in [0.15, 0.2) is 29.4 Å². The Morgan fingerprint density at radius 2 is 2.13 bits per heavy atom. The quantitative estimate of drug-likeness (QED) is 0.644. The first-order valence-corrected chi connectivity index (χ1v) is 8.37. The topological polar surface area (TPSA) is 84.8 Å². The first-order valence-electron chi connectivity index (χ1n) is 7.38. The number of nitrogen functional groups attached to an aromatic ring is 1. The lowest BCUT2D eigenvalue weighted by atomic mass is 10.2. The number of nitrogens with zero attached hydrogens (tertiary/aromatic N) is 3. The van der Waals surface area contributed by atoms with E-state index in [4.69, 9.17) is 10.5 Å². The number of anilines is 1. The van der Waals surface area contributed by atoms with Crippen molar-refractivity contribution >= 4 is 17.6 Å². The van der Waals surface area contributed by atoms with E-state index in [2.05, 4.69) is 29.9 Å². The summed E-state index contributed by atoms with van der Waals surface area (Å²) in [5.74, 6) is 2.36. The van der Waals surface area contributed by atoms with Crippen molar-refractivity contribution in [2.75, 3.05) is 11.5 Å². The Hall–Kier alpha value is -2.26. The Bertz CT molecular complexity index is 725. The zero-order chi connectivity index (χ0) is 16.8. The van der Waals surface area contributed by atoms with Crippen LogP contribution < -0.4 is 10.5 Å².